The van der Waals surface area contributed by atoms with E-state index >= 15 is 0 Å². The first-order chi connectivity index (χ1) is 12.0. The van der Waals surface area contributed by atoms with Crippen molar-refractivity contribution in [1.29, 1.82) is 0 Å². The minimum absolute atomic E-state index is 0.108. The Kier molecular flexibility index (Phi) is 5.11. The minimum atomic E-state index is 0.108. The van der Waals surface area contributed by atoms with Crippen molar-refractivity contribution < 1.29 is 4.79 Å². The summed E-state index contributed by atoms with van der Waals surface area (Å²) in [4.78, 5) is 17.4. The van der Waals surface area contributed by atoms with Crippen molar-refractivity contribution in [2.24, 2.45) is 0 Å². The summed E-state index contributed by atoms with van der Waals surface area (Å²) in [6, 6.07) is 8.63. The quantitative estimate of drug-likeness (QED) is 0.858. The highest BCUT2D eigenvalue weighted by Gasteiger charge is 2.30. The number of aromatic nitrogens is 2. The van der Waals surface area contributed by atoms with Crippen LogP contribution in [0, 0.1) is 13.8 Å². The molecule has 0 unspecified atom stereocenters. The molecule has 0 N–H and O–H groups in total. The normalized spacial score (nSPS) is 17.8. The van der Waals surface area contributed by atoms with Gasteiger partial charge in [0.2, 0.25) is 0 Å². The molecular formula is C20H28N4O. The Bertz CT molecular complexity index is 752. The van der Waals surface area contributed by atoms with Gasteiger partial charge < -0.3 is 9.80 Å². The Morgan fingerprint density at radius 3 is 2.68 bits per heavy atom. The van der Waals surface area contributed by atoms with E-state index in [1.54, 1.807) is 0 Å². The average molecular weight is 340 g/mol. The van der Waals surface area contributed by atoms with Crippen LogP contribution in [0.3, 0.4) is 0 Å². The van der Waals surface area contributed by atoms with Crippen molar-refractivity contribution in [3.8, 4) is 0 Å². The molecule has 1 amide bonds. The number of benzene rings is 1. The zero-order valence-electron chi connectivity index (χ0n) is 15.7. The maximum atomic E-state index is 13.0. The number of piperazine rings is 1. The number of amides is 1. The van der Waals surface area contributed by atoms with Crippen LogP contribution in [0.25, 0.3) is 0 Å². The molecule has 134 valence electrons. The van der Waals surface area contributed by atoms with Gasteiger partial charge in [0, 0.05) is 44.1 Å². The number of hydrogen-bond acceptors (Lipinski definition) is 3. The Morgan fingerprint density at radius 1 is 1.24 bits per heavy atom. The second kappa shape index (κ2) is 7.30. The number of anilines is 1. The Labute approximate surface area is 150 Å². The van der Waals surface area contributed by atoms with Crippen LogP contribution in [-0.2, 0) is 6.54 Å². The summed E-state index contributed by atoms with van der Waals surface area (Å²) in [5.41, 5.74) is 4.12. The second-order valence-corrected chi connectivity index (χ2v) is 6.97. The van der Waals surface area contributed by atoms with Gasteiger partial charge in [-0.2, -0.15) is 5.10 Å². The van der Waals surface area contributed by atoms with Crippen LogP contribution in [0.5, 0.6) is 0 Å². The molecule has 1 aromatic heterocycles. The third-order valence-electron chi connectivity index (χ3n) is 4.97. The smallest absolute Gasteiger partial charge is 0.257 e. The summed E-state index contributed by atoms with van der Waals surface area (Å²) in [6.07, 6.45) is 2.92. The van der Waals surface area contributed by atoms with E-state index in [4.69, 9.17) is 0 Å². The molecule has 1 saturated heterocycles. The molecule has 0 bridgehead atoms. The Hall–Kier alpha value is -2.30. The standard InChI is InChI=1S/C20H28N4O/c1-5-10-23-14-18(17(4)21-23)20(25)24-12-11-22(13-16(24)3)19-9-7-6-8-15(19)2/h6-9,14,16H,5,10-13H2,1-4H3/t16-/m0/s1. The molecule has 1 aliphatic heterocycles. The van der Waals surface area contributed by atoms with Crippen molar-refractivity contribution in [2.75, 3.05) is 24.5 Å². The summed E-state index contributed by atoms with van der Waals surface area (Å²) in [7, 11) is 0. The highest BCUT2D eigenvalue weighted by atomic mass is 16.2. The summed E-state index contributed by atoms with van der Waals surface area (Å²) in [5, 5.41) is 4.47. The van der Waals surface area contributed by atoms with E-state index in [1.807, 2.05) is 22.7 Å². The number of rotatable bonds is 4. The van der Waals surface area contributed by atoms with Gasteiger partial charge in [-0.1, -0.05) is 25.1 Å². The van der Waals surface area contributed by atoms with Crippen molar-refractivity contribution >= 4 is 11.6 Å². The lowest BCUT2D eigenvalue weighted by atomic mass is 10.1. The van der Waals surface area contributed by atoms with Gasteiger partial charge in [-0.05, 0) is 38.8 Å². The van der Waals surface area contributed by atoms with Gasteiger partial charge in [0.05, 0.1) is 11.3 Å². The van der Waals surface area contributed by atoms with E-state index in [9.17, 15) is 4.79 Å². The molecule has 0 saturated carbocycles. The van der Waals surface area contributed by atoms with E-state index in [-0.39, 0.29) is 11.9 Å². The van der Waals surface area contributed by atoms with Crippen LogP contribution >= 0.6 is 0 Å². The van der Waals surface area contributed by atoms with Crippen molar-refractivity contribution in [3.05, 3.63) is 47.3 Å². The number of nitrogens with zero attached hydrogens (tertiary/aromatic N) is 4. The first kappa shape index (κ1) is 17.5. The van der Waals surface area contributed by atoms with Crippen LogP contribution in [0.2, 0.25) is 0 Å². The third kappa shape index (κ3) is 3.55. The summed E-state index contributed by atoms with van der Waals surface area (Å²) < 4.78 is 1.89. The molecule has 0 aliphatic carbocycles. The molecule has 1 aromatic carbocycles. The van der Waals surface area contributed by atoms with Crippen LogP contribution in [0.15, 0.2) is 30.5 Å². The van der Waals surface area contributed by atoms with E-state index in [1.165, 1.54) is 11.3 Å². The molecule has 2 aromatic rings. The minimum Gasteiger partial charge on any atom is -0.367 e. The average Bonchev–Trinajstić information content (AvgIpc) is 2.95. The maximum Gasteiger partial charge on any atom is 0.257 e. The van der Waals surface area contributed by atoms with Crippen molar-refractivity contribution in [1.82, 2.24) is 14.7 Å². The number of carbonyl (C=O) groups excluding carboxylic acids is 1. The molecule has 0 radical (unpaired) electrons. The highest BCUT2D eigenvalue weighted by molar-refractivity contribution is 5.95. The lowest BCUT2D eigenvalue weighted by Crippen LogP contribution is -2.54. The predicted octanol–water partition coefficient (Wildman–Crippen LogP) is 3.26. The molecule has 25 heavy (non-hydrogen) atoms. The van der Waals surface area contributed by atoms with Crippen LogP contribution < -0.4 is 4.90 Å². The van der Waals surface area contributed by atoms with Gasteiger partial charge in [0.25, 0.3) is 5.91 Å². The zero-order chi connectivity index (χ0) is 18.0. The van der Waals surface area contributed by atoms with Crippen LogP contribution in [0.4, 0.5) is 5.69 Å². The number of para-hydroxylation sites is 1. The summed E-state index contributed by atoms with van der Waals surface area (Å²) >= 11 is 0. The van der Waals surface area contributed by atoms with E-state index in [2.05, 4.69) is 55.0 Å². The highest BCUT2D eigenvalue weighted by Crippen LogP contribution is 2.24. The Balaban J connectivity index is 1.73. The monoisotopic (exact) mass is 340 g/mol. The number of carbonyl (C=O) groups is 1. The first-order valence-corrected chi connectivity index (χ1v) is 9.16. The molecular weight excluding hydrogens is 312 g/mol. The summed E-state index contributed by atoms with van der Waals surface area (Å²) in [5.74, 6) is 0.108. The maximum absolute atomic E-state index is 13.0. The van der Waals surface area contributed by atoms with Gasteiger partial charge in [0.15, 0.2) is 0 Å². The fourth-order valence-electron chi connectivity index (χ4n) is 3.62. The van der Waals surface area contributed by atoms with E-state index < -0.39 is 0 Å². The fourth-order valence-corrected chi connectivity index (χ4v) is 3.62. The van der Waals surface area contributed by atoms with Gasteiger partial charge in [-0.25, -0.2) is 0 Å². The Morgan fingerprint density at radius 2 is 2.00 bits per heavy atom. The number of aryl methyl sites for hydroxylation is 3. The molecule has 3 rings (SSSR count). The van der Waals surface area contributed by atoms with Gasteiger partial charge in [-0.3, -0.25) is 9.48 Å². The molecule has 1 aliphatic rings. The third-order valence-corrected chi connectivity index (χ3v) is 4.97. The molecule has 2 heterocycles. The van der Waals surface area contributed by atoms with Crippen LogP contribution in [-0.4, -0.2) is 46.3 Å². The largest absolute Gasteiger partial charge is 0.367 e. The van der Waals surface area contributed by atoms with Crippen molar-refractivity contribution in [3.63, 3.8) is 0 Å². The fraction of sp³-hybridized carbons (Fsp3) is 0.500. The van der Waals surface area contributed by atoms with Gasteiger partial charge >= 0.3 is 0 Å². The van der Waals surface area contributed by atoms with E-state index in [0.717, 1.165) is 43.9 Å². The second-order valence-electron chi connectivity index (χ2n) is 6.97. The van der Waals surface area contributed by atoms with Gasteiger partial charge in [-0.15, -0.1) is 0 Å². The van der Waals surface area contributed by atoms with Gasteiger partial charge in [0.1, 0.15) is 0 Å². The molecule has 1 fully saturated rings. The molecule has 5 nitrogen and oxygen atoms in total. The zero-order valence-corrected chi connectivity index (χ0v) is 15.7. The topological polar surface area (TPSA) is 41.4 Å². The van der Waals surface area contributed by atoms with E-state index in [0.29, 0.717) is 0 Å². The molecule has 5 heteroatoms. The first-order valence-electron chi connectivity index (χ1n) is 9.16. The number of hydrogen-bond donors (Lipinski definition) is 0. The molecule has 0 spiro atoms. The van der Waals surface area contributed by atoms with Crippen molar-refractivity contribution in [2.45, 2.75) is 46.7 Å². The predicted molar refractivity (Wildman–Crippen MR) is 101 cm³/mol. The lowest BCUT2D eigenvalue weighted by Gasteiger charge is -2.41. The lowest BCUT2D eigenvalue weighted by molar-refractivity contribution is 0.0673. The molecule has 1 atom stereocenters. The SMILES string of the molecule is CCCn1cc(C(=O)N2CCN(c3ccccc3C)C[C@@H]2C)c(C)n1. The summed E-state index contributed by atoms with van der Waals surface area (Å²) in [6.45, 7) is 11.6. The van der Waals surface area contributed by atoms with Crippen LogP contribution in [0.1, 0.15) is 41.9 Å².